The first kappa shape index (κ1) is 20.6. The Labute approximate surface area is 174 Å². The van der Waals surface area contributed by atoms with Gasteiger partial charge in [0.2, 0.25) is 11.7 Å². The van der Waals surface area contributed by atoms with E-state index in [1.54, 1.807) is 43.3 Å². The third-order valence-electron chi connectivity index (χ3n) is 4.94. The van der Waals surface area contributed by atoms with Gasteiger partial charge in [-0.25, -0.2) is 9.97 Å². The van der Waals surface area contributed by atoms with Gasteiger partial charge in [0.05, 0.1) is 28.5 Å². The summed E-state index contributed by atoms with van der Waals surface area (Å²) in [5, 5.41) is 0.417. The molecular weight excluding hydrogens is 411 g/mol. The second-order valence-electron chi connectivity index (χ2n) is 6.95. The van der Waals surface area contributed by atoms with E-state index in [0.717, 1.165) is 4.57 Å². The number of para-hydroxylation sites is 3. The molecule has 0 radical (unpaired) electrons. The van der Waals surface area contributed by atoms with Crippen LogP contribution in [0.2, 0.25) is 0 Å². The van der Waals surface area contributed by atoms with Gasteiger partial charge in [0, 0.05) is 6.54 Å². The zero-order valence-corrected chi connectivity index (χ0v) is 16.5. The minimum Gasteiger partial charge on any atom is -0.334 e. The summed E-state index contributed by atoms with van der Waals surface area (Å²) in [6.45, 7) is 1.35. The van der Waals surface area contributed by atoms with E-state index >= 15 is 0 Å². The normalized spacial score (nSPS) is 11.9. The number of aromatic amines is 1. The number of hydrogen-bond acceptors (Lipinski definition) is 4. The van der Waals surface area contributed by atoms with Crippen molar-refractivity contribution in [3.8, 4) is 0 Å². The lowest BCUT2D eigenvalue weighted by atomic mass is 10.2. The Balaban J connectivity index is 1.64. The highest BCUT2D eigenvalue weighted by atomic mass is 19.4. The molecule has 0 aliphatic rings. The predicted molar refractivity (Wildman–Crippen MR) is 108 cm³/mol. The molecule has 4 rings (SSSR count). The molecule has 0 saturated heterocycles. The van der Waals surface area contributed by atoms with Crippen LogP contribution < -0.4 is 5.56 Å². The Bertz CT molecular complexity index is 1330. The molecular formula is C21H18F3N5O2. The van der Waals surface area contributed by atoms with E-state index in [4.69, 9.17) is 0 Å². The summed E-state index contributed by atoms with van der Waals surface area (Å²) in [6, 6.07) is 12.9. The zero-order chi connectivity index (χ0) is 22.2. The number of carbonyl (C=O) groups is 1. The van der Waals surface area contributed by atoms with E-state index in [2.05, 4.69) is 15.0 Å². The van der Waals surface area contributed by atoms with Gasteiger partial charge in [0.15, 0.2) is 0 Å². The van der Waals surface area contributed by atoms with E-state index < -0.39 is 24.5 Å². The maximum atomic E-state index is 13.5. The molecule has 4 aromatic rings. The molecule has 0 aliphatic carbocycles. The first-order valence-electron chi connectivity index (χ1n) is 9.56. The van der Waals surface area contributed by atoms with Gasteiger partial charge in [0.1, 0.15) is 12.4 Å². The fourth-order valence-corrected chi connectivity index (χ4v) is 3.45. The van der Waals surface area contributed by atoms with Crippen LogP contribution in [0.4, 0.5) is 13.2 Å². The van der Waals surface area contributed by atoms with Crippen LogP contribution in [0.5, 0.6) is 0 Å². The lowest BCUT2D eigenvalue weighted by molar-refractivity contribution is -0.148. The Morgan fingerprint density at radius 3 is 2.45 bits per heavy atom. The molecule has 2 aromatic heterocycles. The SMILES string of the molecule is CCN(Cc1nc2ccccc2c(=O)[nH]1)C(=O)Cn1c(C(F)(F)F)nc2ccccc21. The maximum Gasteiger partial charge on any atom is 0.449 e. The van der Waals surface area contributed by atoms with Crippen molar-refractivity contribution in [1.29, 1.82) is 0 Å². The van der Waals surface area contributed by atoms with Crippen molar-refractivity contribution in [2.24, 2.45) is 0 Å². The van der Waals surface area contributed by atoms with Crippen LogP contribution in [0, 0.1) is 0 Å². The summed E-state index contributed by atoms with van der Waals surface area (Å²) in [6.07, 6.45) is -4.71. The quantitative estimate of drug-likeness (QED) is 0.528. The number of fused-ring (bicyclic) bond motifs is 2. The minimum absolute atomic E-state index is 0.0383. The van der Waals surface area contributed by atoms with Crippen LogP contribution in [-0.4, -0.2) is 36.9 Å². The van der Waals surface area contributed by atoms with Crippen molar-refractivity contribution in [2.45, 2.75) is 26.2 Å². The van der Waals surface area contributed by atoms with Gasteiger partial charge in [-0.2, -0.15) is 13.2 Å². The van der Waals surface area contributed by atoms with Crippen molar-refractivity contribution in [3.63, 3.8) is 0 Å². The fourth-order valence-electron chi connectivity index (χ4n) is 3.45. The number of halogens is 3. The number of alkyl halides is 3. The van der Waals surface area contributed by atoms with Crippen LogP contribution in [0.15, 0.2) is 53.3 Å². The molecule has 0 aliphatic heterocycles. The monoisotopic (exact) mass is 429 g/mol. The van der Waals surface area contributed by atoms with Crippen molar-refractivity contribution >= 4 is 27.8 Å². The highest BCUT2D eigenvalue weighted by Crippen LogP contribution is 2.31. The molecule has 0 saturated carbocycles. The van der Waals surface area contributed by atoms with Crippen LogP contribution >= 0.6 is 0 Å². The van der Waals surface area contributed by atoms with Crippen molar-refractivity contribution in [1.82, 2.24) is 24.4 Å². The fraction of sp³-hybridized carbons (Fsp3) is 0.238. The number of hydrogen-bond donors (Lipinski definition) is 1. The average Bonchev–Trinajstić information content (AvgIpc) is 3.11. The van der Waals surface area contributed by atoms with Gasteiger partial charge in [-0.15, -0.1) is 0 Å². The summed E-state index contributed by atoms with van der Waals surface area (Å²) >= 11 is 0. The maximum absolute atomic E-state index is 13.5. The van der Waals surface area contributed by atoms with E-state index in [1.807, 2.05) is 0 Å². The summed E-state index contributed by atoms with van der Waals surface area (Å²) in [7, 11) is 0. The zero-order valence-electron chi connectivity index (χ0n) is 16.5. The number of carbonyl (C=O) groups excluding carboxylic acids is 1. The largest absolute Gasteiger partial charge is 0.449 e. The van der Waals surface area contributed by atoms with Crippen molar-refractivity contribution in [2.75, 3.05) is 6.54 Å². The van der Waals surface area contributed by atoms with Gasteiger partial charge in [0.25, 0.3) is 5.56 Å². The predicted octanol–water partition coefficient (Wildman–Crippen LogP) is 3.34. The highest BCUT2D eigenvalue weighted by molar-refractivity contribution is 5.81. The van der Waals surface area contributed by atoms with Gasteiger partial charge in [-0.1, -0.05) is 24.3 Å². The number of likely N-dealkylation sites (N-methyl/N-ethyl adjacent to an activating group) is 1. The second-order valence-corrected chi connectivity index (χ2v) is 6.95. The third-order valence-corrected chi connectivity index (χ3v) is 4.94. The number of nitrogens with zero attached hydrogens (tertiary/aromatic N) is 4. The molecule has 0 bridgehead atoms. The molecule has 1 N–H and O–H groups in total. The summed E-state index contributed by atoms with van der Waals surface area (Å²) in [5.74, 6) is -1.42. The molecule has 2 aromatic carbocycles. The summed E-state index contributed by atoms with van der Waals surface area (Å²) in [5.41, 5.74) is 0.511. The lowest BCUT2D eigenvalue weighted by Crippen LogP contribution is -2.35. The number of H-pyrrole nitrogens is 1. The molecule has 1 amide bonds. The van der Waals surface area contributed by atoms with E-state index in [-0.39, 0.29) is 35.5 Å². The van der Waals surface area contributed by atoms with Crippen LogP contribution in [0.25, 0.3) is 21.9 Å². The average molecular weight is 429 g/mol. The summed E-state index contributed by atoms with van der Waals surface area (Å²) in [4.78, 5) is 37.2. The first-order chi connectivity index (χ1) is 14.8. The van der Waals surface area contributed by atoms with Gasteiger partial charge < -0.3 is 14.5 Å². The standard InChI is InChI=1S/C21H18F3N5O2/c1-2-28(11-17-25-14-8-4-3-7-13(14)19(31)27-17)18(30)12-29-16-10-6-5-9-15(16)26-20(29)21(22,23)24/h3-10H,2,11-12H2,1H3,(H,25,27,31). The van der Waals surface area contributed by atoms with Crippen molar-refractivity contribution in [3.05, 3.63) is 70.5 Å². The second kappa shape index (κ2) is 7.86. The van der Waals surface area contributed by atoms with Crippen molar-refractivity contribution < 1.29 is 18.0 Å². The Morgan fingerprint density at radius 1 is 1.06 bits per heavy atom. The Kier molecular flexibility index (Phi) is 5.22. The first-order valence-corrected chi connectivity index (χ1v) is 9.56. The van der Waals surface area contributed by atoms with E-state index in [1.165, 1.54) is 17.0 Å². The molecule has 2 heterocycles. The number of imidazole rings is 1. The number of aromatic nitrogens is 4. The minimum atomic E-state index is -4.71. The van der Waals surface area contributed by atoms with E-state index in [9.17, 15) is 22.8 Å². The molecule has 0 unspecified atom stereocenters. The van der Waals surface area contributed by atoms with Crippen LogP contribution in [0.1, 0.15) is 18.6 Å². The Hall–Kier alpha value is -3.69. The van der Waals surface area contributed by atoms with Crippen LogP contribution in [0.3, 0.4) is 0 Å². The molecule has 0 fully saturated rings. The van der Waals surface area contributed by atoms with Crippen LogP contribution in [-0.2, 0) is 24.1 Å². The molecule has 31 heavy (non-hydrogen) atoms. The molecule has 0 atom stereocenters. The number of amides is 1. The molecule has 10 heteroatoms. The Morgan fingerprint density at radius 2 is 1.74 bits per heavy atom. The van der Waals surface area contributed by atoms with Gasteiger partial charge in [-0.3, -0.25) is 9.59 Å². The highest BCUT2D eigenvalue weighted by Gasteiger charge is 2.38. The lowest BCUT2D eigenvalue weighted by Gasteiger charge is -2.21. The third kappa shape index (κ3) is 4.00. The smallest absolute Gasteiger partial charge is 0.334 e. The molecule has 0 spiro atoms. The van der Waals surface area contributed by atoms with E-state index in [0.29, 0.717) is 10.9 Å². The van der Waals surface area contributed by atoms with Gasteiger partial charge in [-0.05, 0) is 31.2 Å². The number of nitrogens with one attached hydrogen (secondary N) is 1. The topological polar surface area (TPSA) is 83.9 Å². The summed E-state index contributed by atoms with van der Waals surface area (Å²) < 4.78 is 41.4. The van der Waals surface area contributed by atoms with Gasteiger partial charge >= 0.3 is 6.18 Å². The molecule has 160 valence electrons. The molecule has 7 nitrogen and oxygen atoms in total. The number of rotatable bonds is 5. The number of benzene rings is 2.